The number of aryl methyl sites for hydroxylation is 1. The van der Waals surface area contributed by atoms with Gasteiger partial charge < -0.3 is 9.80 Å². The van der Waals surface area contributed by atoms with Crippen LogP contribution in [0.5, 0.6) is 0 Å². The molecule has 2 rings (SSSR count). The number of hydrogen-bond acceptors (Lipinski definition) is 5. The van der Waals surface area contributed by atoms with Crippen molar-refractivity contribution < 1.29 is 4.92 Å². The second kappa shape index (κ2) is 6.70. The van der Waals surface area contributed by atoms with Gasteiger partial charge in [-0.2, -0.15) is 0 Å². The molecule has 0 aliphatic heterocycles. The van der Waals surface area contributed by atoms with Gasteiger partial charge in [-0.05, 0) is 45.6 Å². The third kappa shape index (κ3) is 3.51. The van der Waals surface area contributed by atoms with E-state index in [-0.39, 0.29) is 10.6 Å². The van der Waals surface area contributed by atoms with Crippen molar-refractivity contribution in [3.05, 3.63) is 39.9 Å². The lowest BCUT2D eigenvalue weighted by molar-refractivity contribution is -0.384. The number of non-ortho nitro benzene ring substituents is 1. The smallest absolute Gasteiger partial charge is 0.270 e. The highest BCUT2D eigenvalue weighted by Gasteiger charge is 2.12. The van der Waals surface area contributed by atoms with Crippen molar-refractivity contribution in [1.82, 2.24) is 9.88 Å². The normalized spacial score (nSPS) is 11.1. The van der Waals surface area contributed by atoms with E-state index in [0.29, 0.717) is 0 Å². The predicted octanol–water partition coefficient (Wildman–Crippen LogP) is 2.84. The molecule has 118 valence electrons. The van der Waals surface area contributed by atoms with Crippen molar-refractivity contribution >= 4 is 22.4 Å². The minimum absolute atomic E-state index is 0.102. The van der Waals surface area contributed by atoms with E-state index in [0.717, 1.165) is 41.9 Å². The van der Waals surface area contributed by atoms with E-state index in [1.54, 1.807) is 12.1 Å². The van der Waals surface area contributed by atoms with Crippen LogP contribution in [0.4, 0.5) is 11.5 Å². The lowest BCUT2D eigenvalue weighted by Crippen LogP contribution is -2.32. The van der Waals surface area contributed by atoms with Crippen LogP contribution in [-0.2, 0) is 0 Å². The van der Waals surface area contributed by atoms with Gasteiger partial charge in [0.1, 0.15) is 5.82 Å². The Hall–Kier alpha value is -2.21. The van der Waals surface area contributed by atoms with E-state index in [4.69, 9.17) is 0 Å². The highest BCUT2D eigenvalue weighted by Crippen LogP contribution is 2.26. The molecule has 0 unspecified atom stereocenters. The van der Waals surface area contributed by atoms with E-state index >= 15 is 0 Å². The van der Waals surface area contributed by atoms with Gasteiger partial charge in [0.25, 0.3) is 5.69 Å². The summed E-state index contributed by atoms with van der Waals surface area (Å²) >= 11 is 0. The molecule has 1 aromatic heterocycles. The summed E-state index contributed by atoms with van der Waals surface area (Å²) in [5.74, 6) is 0.920. The Balaban J connectivity index is 2.40. The number of benzene rings is 1. The molecular formula is C16H22N4O2. The Morgan fingerprint density at radius 1 is 1.23 bits per heavy atom. The number of rotatable bonds is 6. The van der Waals surface area contributed by atoms with E-state index < -0.39 is 0 Å². The number of likely N-dealkylation sites (N-methyl/N-ethyl adjacent to an activating group) is 2. The van der Waals surface area contributed by atoms with Gasteiger partial charge in [0.05, 0.1) is 10.4 Å². The van der Waals surface area contributed by atoms with Crippen LogP contribution < -0.4 is 4.90 Å². The van der Waals surface area contributed by atoms with Crippen molar-refractivity contribution in [1.29, 1.82) is 0 Å². The van der Waals surface area contributed by atoms with Crippen LogP contribution in [0.15, 0.2) is 24.3 Å². The SMILES string of the molecule is CCN(CCN(C)C)c1cc(C)c2cc([N+](=O)[O-])ccc2n1. The average molecular weight is 302 g/mol. The van der Waals surface area contributed by atoms with E-state index in [1.165, 1.54) is 6.07 Å². The zero-order valence-electron chi connectivity index (χ0n) is 13.5. The van der Waals surface area contributed by atoms with Crippen LogP contribution >= 0.6 is 0 Å². The summed E-state index contributed by atoms with van der Waals surface area (Å²) in [4.78, 5) is 19.6. The molecule has 0 radical (unpaired) electrons. The molecule has 0 atom stereocenters. The first-order chi connectivity index (χ1) is 10.4. The van der Waals surface area contributed by atoms with Crippen LogP contribution in [0, 0.1) is 17.0 Å². The molecule has 1 heterocycles. The number of nitro groups is 1. The number of hydrogen-bond donors (Lipinski definition) is 0. The fourth-order valence-corrected chi connectivity index (χ4v) is 2.40. The number of fused-ring (bicyclic) bond motifs is 1. The van der Waals surface area contributed by atoms with Gasteiger partial charge in [-0.3, -0.25) is 10.1 Å². The quantitative estimate of drug-likeness (QED) is 0.606. The van der Waals surface area contributed by atoms with Crippen molar-refractivity contribution in [3.8, 4) is 0 Å². The van der Waals surface area contributed by atoms with Gasteiger partial charge in [-0.15, -0.1) is 0 Å². The Kier molecular flexibility index (Phi) is 4.92. The van der Waals surface area contributed by atoms with Crippen LogP contribution in [0.2, 0.25) is 0 Å². The van der Waals surface area contributed by atoms with E-state index in [9.17, 15) is 10.1 Å². The number of nitro benzene ring substituents is 1. The number of nitrogens with zero attached hydrogens (tertiary/aromatic N) is 4. The van der Waals surface area contributed by atoms with Gasteiger partial charge in [-0.1, -0.05) is 0 Å². The Labute approximate surface area is 130 Å². The first-order valence-corrected chi connectivity index (χ1v) is 7.38. The van der Waals surface area contributed by atoms with Crippen molar-refractivity contribution in [3.63, 3.8) is 0 Å². The molecule has 0 saturated heterocycles. The highest BCUT2D eigenvalue weighted by molar-refractivity contribution is 5.86. The fourth-order valence-electron chi connectivity index (χ4n) is 2.40. The molecular weight excluding hydrogens is 280 g/mol. The Morgan fingerprint density at radius 3 is 2.55 bits per heavy atom. The molecule has 0 fully saturated rings. The zero-order valence-corrected chi connectivity index (χ0v) is 13.5. The molecule has 0 amide bonds. The summed E-state index contributed by atoms with van der Waals surface area (Å²) in [7, 11) is 4.10. The molecule has 6 nitrogen and oxygen atoms in total. The van der Waals surface area contributed by atoms with Crippen molar-refractivity contribution in [2.45, 2.75) is 13.8 Å². The Bertz CT molecular complexity index is 685. The molecule has 22 heavy (non-hydrogen) atoms. The molecule has 6 heteroatoms. The molecule has 2 aromatic rings. The summed E-state index contributed by atoms with van der Waals surface area (Å²) < 4.78 is 0. The standard InChI is InChI=1S/C16H22N4O2/c1-5-19(9-8-18(3)4)16-10-12(2)14-11-13(20(21)22)6-7-15(14)17-16/h6-7,10-11H,5,8-9H2,1-4H3. The van der Waals surface area contributed by atoms with Crippen LogP contribution in [0.25, 0.3) is 10.9 Å². The topological polar surface area (TPSA) is 62.5 Å². The number of anilines is 1. The Morgan fingerprint density at radius 2 is 1.95 bits per heavy atom. The minimum Gasteiger partial charge on any atom is -0.356 e. The van der Waals surface area contributed by atoms with Crippen LogP contribution in [0.3, 0.4) is 0 Å². The maximum Gasteiger partial charge on any atom is 0.270 e. The molecule has 0 spiro atoms. The van der Waals surface area contributed by atoms with Crippen molar-refractivity contribution in [2.24, 2.45) is 0 Å². The largest absolute Gasteiger partial charge is 0.356 e. The van der Waals surface area contributed by atoms with E-state index in [2.05, 4.69) is 21.7 Å². The second-order valence-corrected chi connectivity index (χ2v) is 5.64. The van der Waals surface area contributed by atoms with E-state index in [1.807, 2.05) is 27.1 Å². The second-order valence-electron chi connectivity index (χ2n) is 5.64. The van der Waals surface area contributed by atoms with Gasteiger partial charge >= 0.3 is 0 Å². The fraction of sp³-hybridized carbons (Fsp3) is 0.438. The average Bonchev–Trinajstić information content (AvgIpc) is 2.47. The zero-order chi connectivity index (χ0) is 16.3. The monoisotopic (exact) mass is 302 g/mol. The molecule has 0 N–H and O–H groups in total. The van der Waals surface area contributed by atoms with Gasteiger partial charge in [0, 0.05) is 37.2 Å². The minimum atomic E-state index is -0.373. The summed E-state index contributed by atoms with van der Waals surface area (Å²) in [5, 5.41) is 11.7. The highest BCUT2D eigenvalue weighted by atomic mass is 16.6. The molecule has 0 aliphatic rings. The first-order valence-electron chi connectivity index (χ1n) is 7.38. The molecule has 1 aromatic carbocycles. The molecule has 0 saturated carbocycles. The van der Waals surface area contributed by atoms with Crippen molar-refractivity contribution in [2.75, 3.05) is 38.6 Å². The van der Waals surface area contributed by atoms with Crippen LogP contribution in [-0.4, -0.2) is 48.5 Å². The first kappa shape index (κ1) is 16.2. The number of aromatic nitrogens is 1. The number of pyridine rings is 1. The predicted molar refractivity (Wildman–Crippen MR) is 89.6 cm³/mol. The van der Waals surface area contributed by atoms with Crippen LogP contribution in [0.1, 0.15) is 12.5 Å². The van der Waals surface area contributed by atoms with Gasteiger partial charge in [0.15, 0.2) is 0 Å². The lowest BCUT2D eigenvalue weighted by Gasteiger charge is -2.24. The third-order valence-electron chi connectivity index (χ3n) is 3.72. The lowest BCUT2D eigenvalue weighted by atomic mass is 10.1. The summed E-state index contributed by atoms with van der Waals surface area (Å²) in [6.45, 7) is 6.80. The third-order valence-corrected chi connectivity index (χ3v) is 3.72. The summed E-state index contributed by atoms with van der Waals surface area (Å²) in [6.07, 6.45) is 0. The van der Waals surface area contributed by atoms with Gasteiger partial charge in [-0.25, -0.2) is 4.98 Å². The summed E-state index contributed by atoms with van der Waals surface area (Å²) in [6, 6.07) is 6.83. The maximum absolute atomic E-state index is 10.9. The summed E-state index contributed by atoms with van der Waals surface area (Å²) in [5.41, 5.74) is 1.90. The molecule has 0 aliphatic carbocycles. The van der Waals surface area contributed by atoms with Gasteiger partial charge in [0.2, 0.25) is 0 Å². The molecule has 0 bridgehead atoms. The maximum atomic E-state index is 10.9.